The quantitative estimate of drug-likeness (QED) is 0.641. The van der Waals surface area contributed by atoms with Crippen LogP contribution in [0.2, 0.25) is 0 Å². The molecule has 0 aromatic heterocycles. The summed E-state index contributed by atoms with van der Waals surface area (Å²) in [6.45, 7) is 3.45. The van der Waals surface area contributed by atoms with Gasteiger partial charge in [-0.25, -0.2) is 0 Å². The third kappa shape index (κ3) is 1.67. The Morgan fingerprint density at radius 2 is 1.43 bits per heavy atom. The van der Waals surface area contributed by atoms with Crippen molar-refractivity contribution in [3.05, 3.63) is 59.7 Å². The molecule has 0 N–H and O–H groups in total. The maximum absolute atomic E-state index is 12.7. The van der Waals surface area contributed by atoms with Crippen LogP contribution in [0, 0.1) is 0 Å². The smallest absolute Gasteiger partial charge is 0.328 e. The van der Waals surface area contributed by atoms with E-state index in [9.17, 15) is 9.59 Å². The molecule has 3 nitrogen and oxygen atoms in total. The number of carbonyl (C=O) groups excluding carboxylic acids is 2. The summed E-state index contributed by atoms with van der Waals surface area (Å²) in [5.41, 5.74) is 1.96. The molecule has 2 aromatic carbocycles. The van der Waals surface area contributed by atoms with Gasteiger partial charge in [0.25, 0.3) is 0 Å². The average Bonchev–Trinajstić information content (AvgIpc) is 2.79. The highest BCUT2D eigenvalue weighted by Gasteiger charge is 2.54. The SMILES string of the molecule is CCOC(=O)C1(C(C)=O)c2ccccc2-c2ccccc21. The number of benzene rings is 2. The zero-order valence-electron chi connectivity index (χ0n) is 12.1. The minimum atomic E-state index is -1.33. The number of carbonyl (C=O) groups is 2. The van der Waals surface area contributed by atoms with Crippen molar-refractivity contribution in [2.24, 2.45) is 0 Å². The second-order valence-corrected chi connectivity index (χ2v) is 5.12. The maximum atomic E-state index is 12.7. The number of Topliss-reactive ketones (excluding diaryl/α,β-unsaturated/α-hetero) is 1. The molecule has 2 aromatic rings. The monoisotopic (exact) mass is 280 g/mol. The normalized spacial score (nSPS) is 14.2. The zero-order valence-corrected chi connectivity index (χ0v) is 12.1. The lowest BCUT2D eigenvalue weighted by Crippen LogP contribution is -2.43. The molecule has 0 bridgehead atoms. The van der Waals surface area contributed by atoms with Gasteiger partial charge in [-0.05, 0) is 36.1 Å². The summed E-state index contributed by atoms with van der Waals surface area (Å²) in [6, 6.07) is 15.1. The molecule has 0 radical (unpaired) electrons. The van der Waals surface area contributed by atoms with Crippen molar-refractivity contribution in [3.63, 3.8) is 0 Å². The summed E-state index contributed by atoms with van der Waals surface area (Å²) in [4.78, 5) is 25.2. The lowest BCUT2D eigenvalue weighted by atomic mass is 9.75. The van der Waals surface area contributed by atoms with Gasteiger partial charge in [-0.3, -0.25) is 9.59 Å². The number of esters is 1. The van der Waals surface area contributed by atoms with Crippen LogP contribution in [0.25, 0.3) is 11.1 Å². The van der Waals surface area contributed by atoms with E-state index in [1.807, 2.05) is 48.5 Å². The Kier molecular flexibility index (Phi) is 3.13. The summed E-state index contributed by atoms with van der Waals surface area (Å²) in [5.74, 6) is -0.701. The Morgan fingerprint density at radius 3 is 1.86 bits per heavy atom. The number of ketones is 1. The van der Waals surface area contributed by atoms with E-state index in [4.69, 9.17) is 4.74 Å². The van der Waals surface area contributed by atoms with E-state index in [1.165, 1.54) is 6.92 Å². The van der Waals surface area contributed by atoms with Crippen LogP contribution in [0.15, 0.2) is 48.5 Å². The molecular weight excluding hydrogens is 264 g/mol. The third-order valence-corrected chi connectivity index (χ3v) is 4.06. The Labute approximate surface area is 123 Å². The molecule has 0 saturated heterocycles. The summed E-state index contributed by atoms with van der Waals surface area (Å²) in [6.07, 6.45) is 0. The number of hydrogen-bond donors (Lipinski definition) is 0. The first-order chi connectivity index (χ1) is 10.1. The molecular formula is C18H16O3. The summed E-state index contributed by atoms with van der Waals surface area (Å²) in [5, 5.41) is 0. The van der Waals surface area contributed by atoms with Crippen LogP contribution in [0.1, 0.15) is 25.0 Å². The molecule has 0 atom stereocenters. The molecule has 0 aliphatic heterocycles. The van der Waals surface area contributed by atoms with Crippen molar-refractivity contribution in [2.45, 2.75) is 19.3 Å². The summed E-state index contributed by atoms with van der Waals surface area (Å²) < 4.78 is 5.24. The predicted molar refractivity (Wildman–Crippen MR) is 80.0 cm³/mol. The molecule has 0 saturated carbocycles. The minimum Gasteiger partial charge on any atom is -0.465 e. The maximum Gasteiger partial charge on any atom is 0.328 e. The van der Waals surface area contributed by atoms with E-state index in [2.05, 4.69) is 0 Å². The summed E-state index contributed by atoms with van der Waals surface area (Å²) in [7, 11) is 0. The lowest BCUT2D eigenvalue weighted by molar-refractivity contribution is -0.151. The highest BCUT2D eigenvalue weighted by Crippen LogP contribution is 2.50. The topological polar surface area (TPSA) is 43.4 Å². The molecule has 3 rings (SSSR count). The van der Waals surface area contributed by atoms with Crippen LogP contribution >= 0.6 is 0 Å². The standard InChI is InChI=1S/C18H16O3/c1-3-21-17(20)18(12(2)19)15-10-6-4-8-13(15)14-9-5-7-11-16(14)18/h4-11H,3H2,1-2H3. The van der Waals surface area contributed by atoms with Crippen LogP contribution in [0.3, 0.4) is 0 Å². The second kappa shape index (κ2) is 4.85. The molecule has 21 heavy (non-hydrogen) atoms. The van der Waals surface area contributed by atoms with Gasteiger partial charge in [0.2, 0.25) is 0 Å². The molecule has 0 amide bonds. The minimum absolute atomic E-state index is 0.210. The number of ether oxygens (including phenoxy) is 1. The van der Waals surface area contributed by atoms with Gasteiger partial charge >= 0.3 is 5.97 Å². The van der Waals surface area contributed by atoms with Gasteiger partial charge in [0.05, 0.1) is 6.61 Å². The van der Waals surface area contributed by atoms with Crippen molar-refractivity contribution < 1.29 is 14.3 Å². The van der Waals surface area contributed by atoms with Gasteiger partial charge in [0.1, 0.15) is 0 Å². The Morgan fingerprint density at radius 1 is 0.952 bits per heavy atom. The van der Waals surface area contributed by atoms with Gasteiger partial charge in [-0.1, -0.05) is 48.5 Å². The van der Waals surface area contributed by atoms with E-state index in [0.717, 1.165) is 22.3 Å². The first-order valence-electron chi connectivity index (χ1n) is 7.01. The van der Waals surface area contributed by atoms with Gasteiger partial charge < -0.3 is 4.74 Å². The molecule has 0 unspecified atom stereocenters. The van der Waals surface area contributed by atoms with Crippen molar-refractivity contribution in [1.82, 2.24) is 0 Å². The molecule has 1 aliphatic carbocycles. The van der Waals surface area contributed by atoms with E-state index in [-0.39, 0.29) is 12.4 Å². The zero-order chi connectivity index (χ0) is 15.0. The van der Waals surface area contributed by atoms with Crippen LogP contribution in [-0.2, 0) is 19.7 Å². The number of rotatable bonds is 3. The molecule has 3 heteroatoms. The second-order valence-electron chi connectivity index (χ2n) is 5.12. The van der Waals surface area contributed by atoms with Gasteiger partial charge in [0, 0.05) is 0 Å². The van der Waals surface area contributed by atoms with Crippen molar-refractivity contribution >= 4 is 11.8 Å². The lowest BCUT2D eigenvalue weighted by Gasteiger charge is -2.26. The first-order valence-corrected chi connectivity index (χ1v) is 7.01. The Bertz CT molecular complexity index is 685. The Balaban J connectivity index is 2.39. The fourth-order valence-electron chi connectivity index (χ4n) is 3.22. The summed E-state index contributed by atoms with van der Waals surface area (Å²) >= 11 is 0. The van der Waals surface area contributed by atoms with E-state index < -0.39 is 11.4 Å². The molecule has 0 heterocycles. The largest absolute Gasteiger partial charge is 0.465 e. The van der Waals surface area contributed by atoms with E-state index in [1.54, 1.807) is 6.92 Å². The first kappa shape index (κ1) is 13.6. The fourth-order valence-corrected chi connectivity index (χ4v) is 3.22. The van der Waals surface area contributed by atoms with E-state index in [0.29, 0.717) is 0 Å². The average molecular weight is 280 g/mol. The molecule has 106 valence electrons. The van der Waals surface area contributed by atoms with Crippen LogP contribution in [0.5, 0.6) is 0 Å². The van der Waals surface area contributed by atoms with Crippen LogP contribution < -0.4 is 0 Å². The van der Waals surface area contributed by atoms with Crippen LogP contribution in [-0.4, -0.2) is 18.4 Å². The van der Waals surface area contributed by atoms with Crippen molar-refractivity contribution in [2.75, 3.05) is 6.61 Å². The van der Waals surface area contributed by atoms with Crippen molar-refractivity contribution in [1.29, 1.82) is 0 Å². The molecule has 0 fully saturated rings. The highest BCUT2D eigenvalue weighted by atomic mass is 16.5. The fraction of sp³-hybridized carbons (Fsp3) is 0.222. The molecule has 0 spiro atoms. The number of hydrogen-bond acceptors (Lipinski definition) is 3. The van der Waals surface area contributed by atoms with Gasteiger partial charge in [0.15, 0.2) is 11.2 Å². The van der Waals surface area contributed by atoms with Crippen molar-refractivity contribution in [3.8, 4) is 11.1 Å². The predicted octanol–water partition coefficient (Wildman–Crippen LogP) is 3.11. The third-order valence-electron chi connectivity index (χ3n) is 4.06. The van der Waals surface area contributed by atoms with Crippen LogP contribution in [0.4, 0.5) is 0 Å². The number of fused-ring (bicyclic) bond motifs is 3. The van der Waals surface area contributed by atoms with E-state index >= 15 is 0 Å². The highest BCUT2D eigenvalue weighted by molar-refractivity contribution is 6.17. The molecule has 1 aliphatic rings. The van der Waals surface area contributed by atoms with Gasteiger partial charge in [-0.2, -0.15) is 0 Å². The Hall–Kier alpha value is -2.42. The van der Waals surface area contributed by atoms with Gasteiger partial charge in [-0.15, -0.1) is 0 Å².